The minimum Gasteiger partial charge on any atom is -0.484 e. The van der Waals surface area contributed by atoms with Crippen LogP contribution in [0.5, 0.6) is 5.75 Å². The smallest absolute Gasteiger partial charge is 0.167 e. The van der Waals surface area contributed by atoms with Crippen molar-refractivity contribution in [3.05, 3.63) is 47.0 Å². The van der Waals surface area contributed by atoms with Crippen LogP contribution in [0.3, 0.4) is 0 Å². The van der Waals surface area contributed by atoms with Gasteiger partial charge in [0.25, 0.3) is 0 Å². The molecule has 0 spiro atoms. The third kappa shape index (κ3) is 2.95. The van der Waals surface area contributed by atoms with Gasteiger partial charge in [0.15, 0.2) is 11.6 Å². The monoisotopic (exact) mass is 262 g/mol. The van der Waals surface area contributed by atoms with E-state index < -0.39 is 0 Å². The number of aryl methyl sites for hydroxylation is 3. The summed E-state index contributed by atoms with van der Waals surface area (Å²) in [6, 6.07) is 7.18. The molecule has 0 amide bonds. The van der Waals surface area contributed by atoms with Gasteiger partial charge in [0.05, 0.1) is 11.4 Å². The molecule has 0 fully saturated rings. The molecule has 0 N–H and O–H groups in total. The largest absolute Gasteiger partial charge is 0.484 e. The van der Waals surface area contributed by atoms with E-state index in [9.17, 15) is 4.39 Å². The van der Waals surface area contributed by atoms with Crippen molar-refractivity contribution in [3.63, 3.8) is 0 Å². The highest BCUT2D eigenvalue weighted by Gasteiger charge is 2.09. The Labute approximate surface area is 113 Å². The lowest BCUT2D eigenvalue weighted by molar-refractivity contribution is 0.277. The van der Waals surface area contributed by atoms with Crippen LogP contribution in [0.25, 0.3) is 0 Å². The number of nitrogens with zero attached hydrogens (tertiary/aromatic N) is 2. The molecule has 0 aliphatic heterocycles. The Morgan fingerprint density at radius 2 is 2.11 bits per heavy atom. The summed E-state index contributed by atoms with van der Waals surface area (Å²) in [6.45, 7) is 6.94. The van der Waals surface area contributed by atoms with Crippen molar-refractivity contribution in [2.45, 2.75) is 40.3 Å². The van der Waals surface area contributed by atoms with Gasteiger partial charge in [0.1, 0.15) is 6.61 Å². The van der Waals surface area contributed by atoms with E-state index in [1.54, 1.807) is 25.1 Å². The molecule has 102 valence electrons. The van der Waals surface area contributed by atoms with Crippen LogP contribution < -0.4 is 4.74 Å². The van der Waals surface area contributed by atoms with E-state index in [0.717, 1.165) is 24.4 Å². The van der Waals surface area contributed by atoms with Crippen LogP contribution in [0.1, 0.15) is 30.8 Å². The average Bonchev–Trinajstić information content (AvgIpc) is 2.83. The van der Waals surface area contributed by atoms with Crippen LogP contribution in [0.4, 0.5) is 4.39 Å². The van der Waals surface area contributed by atoms with Gasteiger partial charge in [-0.1, -0.05) is 19.1 Å². The zero-order valence-corrected chi connectivity index (χ0v) is 11.6. The SMILES string of the molecule is CCc1cc(COc2cccc(C)c2F)n(CC)n1. The normalized spacial score (nSPS) is 10.7. The maximum atomic E-state index is 13.8. The molecule has 3 nitrogen and oxygen atoms in total. The fourth-order valence-corrected chi connectivity index (χ4v) is 1.96. The number of benzene rings is 1. The van der Waals surface area contributed by atoms with Crippen molar-refractivity contribution in [3.8, 4) is 5.75 Å². The molecule has 1 aromatic carbocycles. The summed E-state index contributed by atoms with van der Waals surface area (Å²) in [5.41, 5.74) is 2.60. The van der Waals surface area contributed by atoms with E-state index >= 15 is 0 Å². The highest BCUT2D eigenvalue weighted by molar-refractivity contribution is 5.30. The second-order valence-electron chi connectivity index (χ2n) is 4.47. The lowest BCUT2D eigenvalue weighted by Gasteiger charge is -2.09. The van der Waals surface area contributed by atoms with Crippen LogP contribution in [-0.2, 0) is 19.6 Å². The van der Waals surface area contributed by atoms with Gasteiger partial charge < -0.3 is 4.74 Å². The first-order valence-electron chi connectivity index (χ1n) is 6.59. The van der Waals surface area contributed by atoms with E-state index in [1.807, 2.05) is 17.7 Å². The molecule has 4 heteroatoms. The number of ether oxygens (including phenoxy) is 1. The van der Waals surface area contributed by atoms with Crippen molar-refractivity contribution < 1.29 is 9.13 Å². The molecule has 0 bridgehead atoms. The molecular weight excluding hydrogens is 243 g/mol. The van der Waals surface area contributed by atoms with Crippen LogP contribution in [-0.4, -0.2) is 9.78 Å². The molecule has 2 aromatic rings. The zero-order chi connectivity index (χ0) is 13.8. The maximum Gasteiger partial charge on any atom is 0.167 e. The number of aromatic nitrogens is 2. The van der Waals surface area contributed by atoms with Crippen molar-refractivity contribution in [1.82, 2.24) is 9.78 Å². The molecule has 0 saturated carbocycles. The molecule has 1 aromatic heterocycles. The summed E-state index contributed by atoms with van der Waals surface area (Å²) < 4.78 is 21.3. The minimum atomic E-state index is -0.291. The zero-order valence-electron chi connectivity index (χ0n) is 11.6. The van der Waals surface area contributed by atoms with Crippen LogP contribution >= 0.6 is 0 Å². The second-order valence-corrected chi connectivity index (χ2v) is 4.47. The fraction of sp³-hybridized carbons (Fsp3) is 0.400. The van der Waals surface area contributed by atoms with Crippen molar-refractivity contribution in [1.29, 1.82) is 0 Å². The second kappa shape index (κ2) is 5.87. The Kier molecular flexibility index (Phi) is 4.20. The van der Waals surface area contributed by atoms with E-state index in [4.69, 9.17) is 4.74 Å². The van der Waals surface area contributed by atoms with Crippen molar-refractivity contribution in [2.75, 3.05) is 0 Å². The van der Waals surface area contributed by atoms with Gasteiger partial charge in [-0.05, 0) is 38.0 Å². The molecule has 0 aliphatic carbocycles. The Balaban J connectivity index is 2.14. The molecule has 2 rings (SSSR count). The van der Waals surface area contributed by atoms with E-state index in [-0.39, 0.29) is 5.82 Å². The van der Waals surface area contributed by atoms with Gasteiger partial charge in [-0.25, -0.2) is 4.39 Å². The molecule has 0 saturated heterocycles. The predicted molar refractivity (Wildman–Crippen MR) is 72.7 cm³/mol. The van der Waals surface area contributed by atoms with E-state index in [2.05, 4.69) is 12.0 Å². The molecule has 0 aliphatic rings. The molecular formula is C15H19FN2O. The summed E-state index contributed by atoms with van der Waals surface area (Å²) in [5.74, 6) is 0.00248. The molecule has 0 radical (unpaired) electrons. The summed E-state index contributed by atoms with van der Waals surface area (Å²) in [7, 11) is 0. The summed E-state index contributed by atoms with van der Waals surface area (Å²) in [6.07, 6.45) is 0.888. The predicted octanol–water partition coefficient (Wildman–Crippen LogP) is 3.49. The minimum absolute atomic E-state index is 0.291. The van der Waals surface area contributed by atoms with E-state index in [0.29, 0.717) is 17.9 Å². The quantitative estimate of drug-likeness (QED) is 0.824. The maximum absolute atomic E-state index is 13.8. The average molecular weight is 262 g/mol. The lowest BCUT2D eigenvalue weighted by atomic mass is 10.2. The van der Waals surface area contributed by atoms with Gasteiger partial charge in [-0.15, -0.1) is 0 Å². The Morgan fingerprint density at radius 3 is 2.79 bits per heavy atom. The van der Waals surface area contributed by atoms with Crippen LogP contribution in [0.2, 0.25) is 0 Å². The Hall–Kier alpha value is -1.84. The van der Waals surface area contributed by atoms with Gasteiger partial charge in [0, 0.05) is 6.54 Å². The summed E-state index contributed by atoms with van der Waals surface area (Å²) in [4.78, 5) is 0. The molecule has 0 unspecified atom stereocenters. The van der Waals surface area contributed by atoms with Crippen LogP contribution in [0.15, 0.2) is 24.3 Å². The first kappa shape index (κ1) is 13.6. The molecule has 0 atom stereocenters. The van der Waals surface area contributed by atoms with Gasteiger partial charge >= 0.3 is 0 Å². The highest BCUT2D eigenvalue weighted by atomic mass is 19.1. The van der Waals surface area contributed by atoms with Gasteiger partial charge in [-0.2, -0.15) is 5.10 Å². The number of halogens is 1. The van der Waals surface area contributed by atoms with Crippen molar-refractivity contribution in [2.24, 2.45) is 0 Å². The Bertz CT molecular complexity index is 563. The van der Waals surface area contributed by atoms with Crippen molar-refractivity contribution >= 4 is 0 Å². The topological polar surface area (TPSA) is 27.1 Å². The molecule has 19 heavy (non-hydrogen) atoms. The fourth-order valence-electron chi connectivity index (χ4n) is 1.96. The third-order valence-corrected chi connectivity index (χ3v) is 3.11. The third-order valence-electron chi connectivity index (χ3n) is 3.11. The first-order chi connectivity index (χ1) is 9.15. The van der Waals surface area contributed by atoms with E-state index in [1.165, 1.54) is 0 Å². The first-order valence-corrected chi connectivity index (χ1v) is 6.59. The lowest BCUT2D eigenvalue weighted by Crippen LogP contribution is -2.07. The standard InChI is InChI=1S/C15H19FN2O/c1-4-12-9-13(18(5-2)17-12)10-19-14-8-6-7-11(3)15(14)16/h6-9H,4-5,10H2,1-3H3. The summed E-state index contributed by atoms with van der Waals surface area (Å²) in [5, 5.41) is 4.44. The van der Waals surface area contributed by atoms with Gasteiger partial charge in [-0.3, -0.25) is 4.68 Å². The number of hydrogen-bond donors (Lipinski definition) is 0. The Morgan fingerprint density at radius 1 is 1.32 bits per heavy atom. The van der Waals surface area contributed by atoms with Gasteiger partial charge in [0.2, 0.25) is 0 Å². The summed E-state index contributed by atoms with van der Waals surface area (Å²) >= 11 is 0. The van der Waals surface area contributed by atoms with Crippen LogP contribution in [0, 0.1) is 12.7 Å². The highest BCUT2D eigenvalue weighted by Crippen LogP contribution is 2.21. The molecule has 1 heterocycles. The number of rotatable bonds is 5. The number of hydrogen-bond acceptors (Lipinski definition) is 2.